The Morgan fingerprint density at radius 2 is 2.17 bits per heavy atom. The third kappa shape index (κ3) is 3.42. The Morgan fingerprint density at radius 3 is 2.83 bits per heavy atom. The summed E-state index contributed by atoms with van der Waals surface area (Å²) < 4.78 is 6.92. The number of alkyl halides is 1. The molecule has 1 aliphatic heterocycles. The molecule has 0 fully saturated rings. The Balaban J connectivity index is 2.18. The molecule has 1 aromatic rings. The SMILES string of the molecule is CC(C)CC(CCl)Cc1cc(Br)cc2c1OCC2. The maximum atomic E-state index is 6.10. The Labute approximate surface area is 123 Å². The summed E-state index contributed by atoms with van der Waals surface area (Å²) in [5, 5.41) is 0. The second-order valence-corrected chi connectivity index (χ2v) is 6.73. The molecule has 1 heterocycles. The topological polar surface area (TPSA) is 9.23 Å². The molecule has 3 heteroatoms. The van der Waals surface area contributed by atoms with Gasteiger partial charge in [0, 0.05) is 16.8 Å². The van der Waals surface area contributed by atoms with Crippen LogP contribution in [-0.2, 0) is 12.8 Å². The zero-order valence-corrected chi connectivity index (χ0v) is 13.4. The average Bonchev–Trinajstić information content (AvgIpc) is 2.75. The molecule has 1 atom stereocenters. The summed E-state index contributed by atoms with van der Waals surface area (Å²) in [5.74, 6) is 3.06. The molecule has 0 amide bonds. The van der Waals surface area contributed by atoms with Crippen LogP contribution in [0.2, 0.25) is 0 Å². The van der Waals surface area contributed by atoms with E-state index in [9.17, 15) is 0 Å². The van der Waals surface area contributed by atoms with Crippen molar-refractivity contribution in [2.45, 2.75) is 33.1 Å². The van der Waals surface area contributed by atoms with Crippen molar-refractivity contribution in [3.05, 3.63) is 27.7 Å². The summed E-state index contributed by atoms with van der Waals surface area (Å²) in [5.41, 5.74) is 2.64. The summed E-state index contributed by atoms with van der Waals surface area (Å²) in [6, 6.07) is 4.36. The summed E-state index contributed by atoms with van der Waals surface area (Å²) in [6.07, 6.45) is 3.21. The number of hydrogen-bond acceptors (Lipinski definition) is 1. The highest BCUT2D eigenvalue weighted by molar-refractivity contribution is 9.10. The standard InChI is InChI=1S/C15H20BrClO/c1-10(2)5-11(9-17)6-13-8-14(16)7-12-3-4-18-15(12)13/h7-8,10-11H,3-6,9H2,1-2H3. The fraction of sp³-hybridized carbons (Fsp3) is 0.600. The minimum atomic E-state index is 0.536. The monoisotopic (exact) mass is 330 g/mol. The van der Waals surface area contributed by atoms with Gasteiger partial charge >= 0.3 is 0 Å². The fourth-order valence-corrected chi connectivity index (χ4v) is 3.46. The van der Waals surface area contributed by atoms with Crippen molar-refractivity contribution in [3.8, 4) is 5.75 Å². The van der Waals surface area contributed by atoms with Crippen molar-refractivity contribution in [2.75, 3.05) is 12.5 Å². The van der Waals surface area contributed by atoms with Gasteiger partial charge in [-0.05, 0) is 47.9 Å². The number of ether oxygens (including phenoxy) is 1. The van der Waals surface area contributed by atoms with Gasteiger partial charge in [-0.1, -0.05) is 29.8 Å². The first-order chi connectivity index (χ1) is 8.60. The molecule has 1 aromatic carbocycles. The predicted molar refractivity (Wildman–Crippen MR) is 80.7 cm³/mol. The van der Waals surface area contributed by atoms with Crippen LogP contribution in [0, 0.1) is 11.8 Å². The summed E-state index contributed by atoms with van der Waals surface area (Å²) >= 11 is 9.69. The normalized spacial score (nSPS) is 15.6. The van der Waals surface area contributed by atoms with Crippen LogP contribution in [0.15, 0.2) is 16.6 Å². The largest absolute Gasteiger partial charge is 0.493 e. The maximum absolute atomic E-state index is 6.10. The van der Waals surface area contributed by atoms with Crippen molar-refractivity contribution in [2.24, 2.45) is 11.8 Å². The molecule has 100 valence electrons. The Bertz CT molecular complexity index is 417. The molecule has 0 aromatic heterocycles. The van der Waals surface area contributed by atoms with Crippen LogP contribution >= 0.6 is 27.5 Å². The van der Waals surface area contributed by atoms with E-state index in [4.69, 9.17) is 16.3 Å². The zero-order valence-electron chi connectivity index (χ0n) is 11.0. The van der Waals surface area contributed by atoms with Gasteiger partial charge in [0.1, 0.15) is 5.75 Å². The Hall–Kier alpha value is -0.210. The molecule has 1 nitrogen and oxygen atoms in total. The Kier molecular flexibility index (Phi) is 4.97. The van der Waals surface area contributed by atoms with Crippen LogP contribution in [-0.4, -0.2) is 12.5 Å². The third-order valence-corrected chi connectivity index (χ3v) is 4.25. The number of hydrogen-bond donors (Lipinski definition) is 0. The van der Waals surface area contributed by atoms with Crippen LogP contribution in [0.1, 0.15) is 31.4 Å². The van der Waals surface area contributed by atoms with Crippen LogP contribution in [0.5, 0.6) is 5.75 Å². The van der Waals surface area contributed by atoms with E-state index in [0.29, 0.717) is 11.8 Å². The molecule has 2 rings (SSSR count). The first-order valence-electron chi connectivity index (χ1n) is 6.60. The minimum absolute atomic E-state index is 0.536. The Morgan fingerprint density at radius 1 is 1.39 bits per heavy atom. The van der Waals surface area contributed by atoms with E-state index in [0.717, 1.165) is 35.6 Å². The summed E-state index contributed by atoms with van der Waals surface area (Å²) in [7, 11) is 0. The van der Waals surface area contributed by atoms with Gasteiger partial charge in [-0.2, -0.15) is 0 Å². The molecule has 0 saturated carbocycles. The summed E-state index contributed by atoms with van der Waals surface area (Å²) in [6.45, 7) is 5.32. The van der Waals surface area contributed by atoms with E-state index >= 15 is 0 Å². The van der Waals surface area contributed by atoms with E-state index in [1.807, 2.05) is 0 Å². The third-order valence-electron chi connectivity index (χ3n) is 3.36. The van der Waals surface area contributed by atoms with Crippen LogP contribution in [0.4, 0.5) is 0 Å². The minimum Gasteiger partial charge on any atom is -0.493 e. The van der Waals surface area contributed by atoms with Gasteiger partial charge in [0.2, 0.25) is 0 Å². The molecule has 0 saturated heterocycles. The highest BCUT2D eigenvalue weighted by atomic mass is 79.9. The van der Waals surface area contributed by atoms with Crippen molar-refractivity contribution in [1.82, 2.24) is 0 Å². The molecule has 1 unspecified atom stereocenters. The van der Waals surface area contributed by atoms with E-state index in [1.165, 1.54) is 17.5 Å². The first-order valence-corrected chi connectivity index (χ1v) is 7.93. The molecule has 0 N–H and O–H groups in total. The quantitative estimate of drug-likeness (QED) is 0.702. The lowest BCUT2D eigenvalue weighted by molar-refractivity contribution is 0.349. The second kappa shape index (κ2) is 6.29. The van der Waals surface area contributed by atoms with Crippen molar-refractivity contribution in [1.29, 1.82) is 0 Å². The van der Waals surface area contributed by atoms with Crippen molar-refractivity contribution < 1.29 is 4.74 Å². The number of fused-ring (bicyclic) bond motifs is 1. The fourth-order valence-electron chi connectivity index (χ4n) is 2.68. The lowest BCUT2D eigenvalue weighted by Crippen LogP contribution is -2.10. The van der Waals surface area contributed by atoms with Crippen LogP contribution in [0.25, 0.3) is 0 Å². The predicted octanol–water partition coefficient (Wildman–Crippen LogP) is 4.83. The van der Waals surface area contributed by atoms with E-state index in [1.54, 1.807) is 0 Å². The van der Waals surface area contributed by atoms with E-state index in [2.05, 4.69) is 41.9 Å². The molecule has 1 aliphatic rings. The molecule has 0 spiro atoms. The molecular weight excluding hydrogens is 312 g/mol. The molecule has 0 bridgehead atoms. The smallest absolute Gasteiger partial charge is 0.125 e. The van der Waals surface area contributed by atoms with Gasteiger partial charge in [0.05, 0.1) is 6.61 Å². The molecule has 0 radical (unpaired) electrons. The van der Waals surface area contributed by atoms with Crippen molar-refractivity contribution >= 4 is 27.5 Å². The lowest BCUT2D eigenvalue weighted by Gasteiger charge is -2.18. The number of halogens is 2. The van der Waals surface area contributed by atoms with Gasteiger partial charge < -0.3 is 4.74 Å². The molecule has 0 aliphatic carbocycles. The zero-order chi connectivity index (χ0) is 13.1. The number of rotatable bonds is 5. The van der Waals surface area contributed by atoms with Crippen LogP contribution in [0.3, 0.4) is 0 Å². The second-order valence-electron chi connectivity index (χ2n) is 5.51. The van der Waals surface area contributed by atoms with Gasteiger partial charge in [-0.3, -0.25) is 0 Å². The van der Waals surface area contributed by atoms with Gasteiger partial charge in [-0.25, -0.2) is 0 Å². The van der Waals surface area contributed by atoms with Gasteiger partial charge in [0.15, 0.2) is 0 Å². The summed E-state index contributed by atoms with van der Waals surface area (Å²) in [4.78, 5) is 0. The van der Waals surface area contributed by atoms with Crippen LogP contribution < -0.4 is 4.74 Å². The molecule has 18 heavy (non-hydrogen) atoms. The highest BCUT2D eigenvalue weighted by Gasteiger charge is 2.20. The average molecular weight is 332 g/mol. The number of benzene rings is 1. The van der Waals surface area contributed by atoms with E-state index in [-0.39, 0.29) is 0 Å². The maximum Gasteiger partial charge on any atom is 0.125 e. The van der Waals surface area contributed by atoms with E-state index < -0.39 is 0 Å². The van der Waals surface area contributed by atoms with Crippen molar-refractivity contribution in [3.63, 3.8) is 0 Å². The first kappa shape index (κ1) is 14.2. The lowest BCUT2D eigenvalue weighted by atomic mass is 9.91. The highest BCUT2D eigenvalue weighted by Crippen LogP contribution is 2.35. The van der Waals surface area contributed by atoms with Gasteiger partial charge in [0.25, 0.3) is 0 Å². The van der Waals surface area contributed by atoms with Gasteiger partial charge in [-0.15, -0.1) is 11.6 Å². The molecular formula is C15H20BrClO.